The molecule has 1 aromatic heterocycles. The molecule has 1 unspecified atom stereocenters. The summed E-state index contributed by atoms with van der Waals surface area (Å²) in [4.78, 5) is 4.48. The van der Waals surface area contributed by atoms with Crippen LogP contribution in [0.5, 0.6) is 0 Å². The number of aromatic nitrogens is 1. The highest BCUT2D eigenvalue weighted by Crippen LogP contribution is 2.24. The second-order valence-electron chi connectivity index (χ2n) is 4.92. The van der Waals surface area contributed by atoms with Gasteiger partial charge in [-0.2, -0.15) is 0 Å². The van der Waals surface area contributed by atoms with Crippen molar-refractivity contribution in [3.05, 3.63) is 62.5 Å². The van der Waals surface area contributed by atoms with Crippen LogP contribution in [0.4, 0.5) is 0 Å². The molecule has 0 amide bonds. The van der Waals surface area contributed by atoms with E-state index in [1.165, 1.54) is 10.8 Å². The number of benzene rings is 2. The van der Waals surface area contributed by atoms with Crippen LogP contribution in [0.25, 0.3) is 10.8 Å². The summed E-state index contributed by atoms with van der Waals surface area (Å²) in [5.41, 5.74) is 8.55. The number of fused-ring (bicyclic) bond motifs is 1. The lowest BCUT2D eigenvalue weighted by atomic mass is 9.99. The fraction of sp³-hybridized carbons (Fsp3) is 0.188. The first-order valence-corrected chi connectivity index (χ1v) is 8.15. The van der Waals surface area contributed by atoms with Crippen molar-refractivity contribution in [3.8, 4) is 0 Å². The van der Waals surface area contributed by atoms with Gasteiger partial charge in [-0.1, -0.05) is 34.1 Å². The van der Waals surface area contributed by atoms with E-state index in [9.17, 15) is 0 Å². The number of hydrogen-bond acceptors (Lipinski definition) is 3. The van der Waals surface area contributed by atoms with Gasteiger partial charge in [0.1, 0.15) is 0 Å². The van der Waals surface area contributed by atoms with E-state index >= 15 is 0 Å². The molecular formula is C16H15BrN2S. The summed E-state index contributed by atoms with van der Waals surface area (Å²) >= 11 is 5.17. The number of halogens is 1. The van der Waals surface area contributed by atoms with Crippen molar-refractivity contribution in [2.75, 3.05) is 0 Å². The summed E-state index contributed by atoms with van der Waals surface area (Å²) < 4.78 is 1.10. The summed E-state index contributed by atoms with van der Waals surface area (Å²) in [7, 11) is 0. The second-order valence-corrected chi connectivity index (χ2v) is 6.90. The van der Waals surface area contributed by atoms with Gasteiger partial charge in [0.15, 0.2) is 0 Å². The minimum absolute atomic E-state index is 0.00968. The van der Waals surface area contributed by atoms with Crippen LogP contribution >= 0.6 is 27.3 Å². The molecule has 0 radical (unpaired) electrons. The number of hydrogen-bond donors (Lipinski definition) is 1. The fourth-order valence-corrected chi connectivity index (χ4v) is 3.32. The van der Waals surface area contributed by atoms with Gasteiger partial charge < -0.3 is 5.73 Å². The van der Waals surface area contributed by atoms with Gasteiger partial charge in [-0.05, 0) is 41.5 Å². The van der Waals surface area contributed by atoms with E-state index < -0.39 is 0 Å². The monoisotopic (exact) mass is 346 g/mol. The van der Waals surface area contributed by atoms with Crippen LogP contribution in [0.3, 0.4) is 0 Å². The Morgan fingerprint density at radius 1 is 1.20 bits per heavy atom. The third kappa shape index (κ3) is 2.92. The van der Waals surface area contributed by atoms with E-state index in [0.717, 1.165) is 27.2 Å². The minimum Gasteiger partial charge on any atom is -0.324 e. The molecule has 0 saturated heterocycles. The van der Waals surface area contributed by atoms with E-state index in [2.05, 4.69) is 62.7 Å². The van der Waals surface area contributed by atoms with Crippen molar-refractivity contribution in [2.45, 2.75) is 19.4 Å². The van der Waals surface area contributed by atoms with E-state index in [-0.39, 0.29) is 6.04 Å². The van der Waals surface area contributed by atoms with Crippen molar-refractivity contribution >= 4 is 38.0 Å². The quantitative estimate of drug-likeness (QED) is 0.751. The van der Waals surface area contributed by atoms with Crippen molar-refractivity contribution in [2.24, 2.45) is 5.73 Å². The third-order valence-corrected chi connectivity index (χ3v) is 4.67. The zero-order chi connectivity index (χ0) is 14.1. The van der Waals surface area contributed by atoms with Crippen molar-refractivity contribution < 1.29 is 0 Å². The Hall–Kier alpha value is -1.23. The van der Waals surface area contributed by atoms with Gasteiger partial charge in [-0.15, -0.1) is 11.3 Å². The number of aryl methyl sites for hydroxylation is 1. The maximum absolute atomic E-state index is 6.31. The summed E-state index contributed by atoms with van der Waals surface area (Å²) in [6.07, 6.45) is 0.784. The van der Waals surface area contributed by atoms with E-state index in [0.29, 0.717) is 0 Å². The van der Waals surface area contributed by atoms with Gasteiger partial charge in [-0.25, -0.2) is 4.98 Å². The van der Waals surface area contributed by atoms with Crippen LogP contribution in [-0.4, -0.2) is 4.98 Å². The predicted molar refractivity (Wildman–Crippen MR) is 89.1 cm³/mol. The van der Waals surface area contributed by atoms with Gasteiger partial charge in [0.2, 0.25) is 0 Å². The molecular weight excluding hydrogens is 332 g/mol. The number of nitrogens with zero attached hydrogens (tertiary/aromatic N) is 1. The lowest BCUT2D eigenvalue weighted by Crippen LogP contribution is -2.13. The van der Waals surface area contributed by atoms with Crippen LogP contribution < -0.4 is 5.73 Å². The van der Waals surface area contributed by atoms with Gasteiger partial charge in [0.05, 0.1) is 10.7 Å². The molecule has 1 heterocycles. The number of nitrogens with two attached hydrogens (primary N) is 1. The second kappa shape index (κ2) is 5.64. The Balaban J connectivity index is 1.87. The molecule has 4 heteroatoms. The molecule has 0 aliphatic rings. The van der Waals surface area contributed by atoms with Crippen molar-refractivity contribution in [1.82, 2.24) is 4.98 Å². The van der Waals surface area contributed by atoms with Crippen LogP contribution in [0.2, 0.25) is 0 Å². The molecule has 2 aromatic carbocycles. The maximum atomic E-state index is 6.31. The smallest absolute Gasteiger partial charge is 0.0897 e. The Kier molecular flexibility index (Phi) is 3.87. The van der Waals surface area contributed by atoms with Gasteiger partial charge in [-0.3, -0.25) is 0 Å². The van der Waals surface area contributed by atoms with Crippen LogP contribution in [0.15, 0.2) is 46.3 Å². The summed E-state index contributed by atoms with van der Waals surface area (Å²) in [5, 5.41) is 5.62. The fourth-order valence-electron chi connectivity index (χ4n) is 2.31. The van der Waals surface area contributed by atoms with Gasteiger partial charge in [0.25, 0.3) is 0 Å². The molecule has 20 heavy (non-hydrogen) atoms. The first kappa shape index (κ1) is 13.7. The summed E-state index contributed by atoms with van der Waals surface area (Å²) in [5.74, 6) is 0. The zero-order valence-corrected chi connectivity index (χ0v) is 13.5. The molecule has 0 spiro atoms. The van der Waals surface area contributed by atoms with Crippen molar-refractivity contribution in [1.29, 1.82) is 0 Å². The summed E-state index contributed by atoms with van der Waals surface area (Å²) in [6.45, 7) is 2.02. The average molecular weight is 347 g/mol. The molecule has 2 nitrogen and oxygen atoms in total. The molecule has 1 atom stereocenters. The first-order chi connectivity index (χ1) is 9.61. The molecule has 102 valence electrons. The highest BCUT2D eigenvalue weighted by atomic mass is 79.9. The number of thiazole rings is 1. The van der Waals surface area contributed by atoms with Crippen LogP contribution in [0, 0.1) is 6.92 Å². The topological polar surface area (TPSA) is 38.9 Å². The third-order valence-electron chi connectivity index (χ3n) is 3.35. The standard InChI is InChI=1S/C16H15BrN2S/c1-10-19-15(9-20-10)8-16(18)13-3-2-12-7-14(17)5-4-11(12)6-13/h2-7,9,16H,8,18H2,1H3. The van der Waals surface area contributed by atoms with Gasteiger partial charge in [0, 0.05) is 22.3 Å². The van der Waals surface area contributed by atoms with Crippen LogP contribution in [-0.2, 0) is 6.42 Å². The average Bonchev–Trinajstić information content (AvgIpc) is 2.83. The highest BCUT2D eigenvalue weighted by molar-refractivity contribution is 9.10. The van der Waals surface area contributed by atoms with E-state index in [4.69, 9.17) is 5.73 Å². The molecule has 0 bridgehead atoms. The van der Waals surface area contributed by atoms with E-state index in [1.807, 2.05) is 6.92 Å². The van der Waals surface area contributed by atoms with Gasteiger partial charge >= 0.3 is 0 Å². The summed E-state index contributed by atoms with van der Waals surface area (Å²) in [6, 6.07) is 12.7. The number of rotatable bonds is 3. The Morgan fingerprint density at radius 3 is 2.70 bits per heavy atom. The molecule has 0 aliphatic heterocycles. The van der Waals surface area contributed by atoms with Crippen LogP contribution in [0.1, 0.15) is 22.3 Å². The minimum atomic E-state index is -0.00968. The van der Waals surface area contributed by atoms with E-state index in [1.54, 1.807) is 11.3 Å². The zero-order valence-electron chi connectivity index (χ0n) is 11.1. The predicted octanol–water partition coefficient (Wildman–Crippen LogP) is 4.61. The highest BCUT2D eigenvalue weighted by Gasteiger charge is 2.10. The molecule has 3 aromatic rings. The molecule has 0 saturated carbocycles. The lowest BCUT2D eigenvalue weighted by molar-refractivity contribution is 0.710. The Bertz CT molecular complexity index is 751. The molecule has 0 aliphatic carbocycles. The molecule has 3 rings (SSSR count). The largest absolute Gasteiger partial charge is 0.324 e. The van der Waals surface area contributed by atoms with Crippen molar-refractivity contribution in [3.63, 3.8) is 0 Å². The Labute approximate surface area is 130 Å². The molecule has 2 N–H and O–H groups in total. The maximum Gasteiger partial charge on any atom is 0.0897 e. The SMILES string of the molecule is Cc1nc(CC(N)c2ccc3cc(Br)ccc3c2)cs1. The Morgan fingerprint density at radius 2 is 1.95 bits per heavy atom. The normalized spacial score (nSPS) is 12.8. The molecule has 0 fully saturated rings. The lowest BCUT2D eigenvalue weighted by Gasteiger charge is -2.11. The first-order valence-electron chi connectivity index (χ1n) is 6.47.